The molecule has 1 atom stereocenters. The molecule has 6 rings (SSSR count). The Bertz CT molecular complexity index is 1960. The maximum atomic E-state index is 6.88. The first-order valence-corrected chi connectivity index (χ1v) is 21.7. The second kappa shape index (κ2) is 18.7. The number of para-hydroxylation sites is 3. The molecule has 294 valence electrons. The summed E-state index contributed by atoms with van der Waals surface area (Å²) >= 11 is 1.74. The summed E-state index contributed by atoms with van der Waals surface area (Å²) in [6, 6.07) is 22.2. The van der Waals surface area contributed by atoms with Gasteiger partial charge in [0.1, 0.15) is 29.6 Å². The van der Waals surface area contributed by atoms with Gasteiger partial charge in [0.05, 0.1) is 38.0 Å². The van der Waals surface area contributed by atoms with E-state index in [-0.39, 0.29) is 11.5 Å². The van der Waals surface area contributed by atoms with Crippen molar-refractivity contribution >= 4 is 17.7 Å². The number of nitrogens with zero attached hydrogens (tertiary/aromatic N) is 1. The highest BCUT2D eigenvalue weighted by Crippen LogP contribution is 2.44. The van der Waals surface area contributed by atoms with Gasteiger partial charge in [-0.15, -0.1) is 11.8 Å². The van der Waals surface area contributed by atoms with Crippen LogP contribution in [0.5, 0.6) is 23.0 Å². The molecule has 1 heterocycles. The third-order valence-electron chi connectivity index (χ3n) is 10.3. The number of hydrogen-bond donors (Lipinski definition) is 0. The van der Waals surface area contributed by atoms with E-state index >= 15 is 0 Å². The summed E-state index contributed by atoms with van der Waals surface area (Å²) in [6.07, 6.45) is 8.48. The highest BCUT2D eigenvalue weighted by Gasteiger charge is 2.33. The molecule has 1 aliphatic heterocycles. The number of aliphatic imine (C=N–C) groups is 1. The second-order valence-electron chi connectivity index (χ2n) is 15.9. The summed E-state index contributed by atoms with van der Waals surface area (Å²) in [4.78, 5) is 6.37. The molecule has 7 heteroatoms. The number of rotatable bonds is 14. The van der Waals surface area contributed by atoms with Crippen molar-refractivity contribution in [3.05, 3.63) is 111 Å². The fraction of sp³-hybridized carbons (Fsp3) is 0.479. The van der Waals surface area contributed by atoms with Crippen LogP contribution in [-0.2, 0) is 30.4 Å². The fourth-order valence-electron chi connectivity index (χ4n) is 7.52. The van der Waals surface area contributed by atoms with Gasteiger partial charge in [0.15, 0.2) is 0 Å². The first kappa shape index (κ1) is 40.6. The zero-order chi connectivity index (χ0) is 39.0. The van der Waals surface area contributed by atoms with Gasteiger partial charge in [-0.2, -0.15) is 0 Å². The number of hydrogen-bond acceptors (Lipinski definition) is 7. The van der Waals surface area contributed by atoms with E-state index in [9.17, 15) is 0 Å². The minimum atomic E-state index is -0.0141. The summed E-state index contributed by atoms with van der Waals surface area (Å²) in [7, 11) is 0. The van der Waals surface area contributed by atoms with Gasteiger partial charge in [-0.25, -0.2) is 4.99 Å². The highest BCUT2D eigenvalue weighted by molar-refractivity contribution is 7.98. The lowest BCUT2D eigenvalue weighted by molar-refractivity contribution is 0.235. The van der Waals surface area contributed by atoms with E-state index in [0.717, 1.165) is 104 Å². The molecular formula is C48H61NO5S. The smallest absolute Gasteiger partial charge is 0.217 e. The Morgan fingerprint density at radius 2 is 1.00 bits per heavy atom. The predicted octanol–water partition coefficient (Wildman–Crippen LogP) is 11.4. The quantitative estimate of drug-likeness (QED) is 0.105. The van der Waals surface area contributed by atoms with E-state index in [1.165, 1.54) is 0 Å². The number of fused-ring (bicyclic) bond motifs is 8. The lowest BCUT2D eigenvalue weighted by Gasteiger charge is -2.25. The third-order valence-corrected chi connectivity index (χ3v) is 11.2. The van der Waals surface area contributed by atoms with E-state index in [4.69, 9.17) is 28.7 Å². The van der Waals surface area contributed by atoms with Crippen LogP contribution in [-0.4, -0.2) is 51.2 Å². The minimum absolute atomic E-state index is 0.0141. The first-order chi connectivity index (χ1) is 26.7. The number of thioether (sulfide) groups is 1. The molecule has 4 aromatic carbocycles. The van der Waals surface area contributed by atoms with Crippen LogP contribution in [0.2, 0.25) is 0 Å². The molecule has 0 saturated heterocycles. The predicted molar refractivity (Wildman–Crippen MR) is 228 cm³/mol. The van der Waals surface area contributed by atoms with Gasteiger partial charge in [0, 0.05) is 36.1 Å². The van der Waals surface area contributed by atoms with Gasteiger partial charge in [0.25, 0.3) is 0 Å². The van der Waals surface area contributed by atoms with E-state index in [1.54, 1.807) is 11.8 Å². The van der Waals surface area contributed by atoms with Gasteiger partial charge in [-0.05, 0) is 82.4 Å². The molecular weight excluding hydrogens is 703 g/mol. The summed E-state index contributed by atoms with van der Waals surface area (Å²) < 4.78 is 33.5. The van der Waals surface area contributed by atoms with Gasteiger partial charge >= 0.3 is 0 Å². The molecule has 0 N–H and O–H groups in total. The Morgan fingerprint density at radius 3 is 1.38 bits per heavy atom. The average molecular weight is 764 g/mol. The molecule has 6 nitrogen and oxygen atoms in total. The molecule has 0 radical (unpaired) electrons. The van der Waals surface area contributed by atoms with Gasteiger partial charge in [-0.3, -0.25) is 0 Å². The molecule has 0 spiro atoms. The summed E-state index contributed by atoms with van der Waals surface area (Å²) in [5.41, 5.74) is 10.2. The second-order valence-corrected chi connectivity index (χ2v) is 16.7. The molecule has 8 bridgehead atoms. The van der Waals surface area contributed by atoms with Crippen LogP contribution >= 0.6 is 11.8 Å². The van der Waals surface area contributed by atoms with E-state index in [2.05, 4.69) is 115 Å². The van der Waals surface area contributed by atoms with Crippen LogP contribution in [0.4, 0.5) is 0 Å². The van der Waals surface area contributed by atoms with Crippen LogP contribution in [0.15, 0.2) is 70.6 Å². The average Bonchev–Trinajstić information content (AvgIpc) is 3.68. The van der Waals surface area contributed by atoms with Gasteiger partial charge in [-0.1, -0.05) is 103 Å². The topological polar surface area (TPSA) is 58.5 Å². The van der Waals surface area contributed by atoms with Crippen molar-refractivity contribution in [2.75, 3.05) is 39.3 Å². The molecule has 0 saturated carbocycles. The van der Waals surface area contributed by atoms with Crippen molar-refractivity contribution in [3.63, 3.8) is 0 Å². The normalized spacial score (nSPS) is 15.3. The minimum Gasteiger partial charge on any atom is -0.493 e. The Labute approximate surface area is 334 Å². The van der Waals surface area contributed by atoms with Crippen LogP contribution in [0, 0.1) is 5.41 Å². The molecule has 0 unspecified atom stereocenters. The van der Waals surface area contributed by atoms with Crippen molar-refractivity contribution in [3.8, 4) is 23.0 Å². The standard InChI is InChI=1S/C48H61NO5S/c1-9-22-50-42-32-16-13-17-33(42)27-35-19-15-21-37(44(35)52-24-11-3)29-39-45(53-25-12-4)38(28-36-20-14-18-34(26-32)43(36)51-23-10-2)30-40(46(39)55-8)47-49-41(31-54-47)48(5,6)7/h13-21,30,41H,9-12,22-29,31H2,1-8H3/t41-/m1/s1. The van der Waals surface area contributed by atoms with Crippen molar-refractivity contribution in [1.82, 2.24) is 0 Å². The Kier molecular flexibility index (Phi) is 13.8. The van der Waals surface area contributed by atoms with Crippen LogP contribution < -0.4 is 18.9 Å². The molecule has 1 aliphatic carbocycles. The van der Waals surface area contributed by atoms with Crippen molar-refractivity contribution in [2.24, 2.45) is 10.4 Å². The SMILES string of the molecule is CCCOc1c2cccc1Cc1cccc(c1OCCC)Cc1c(OCCC)c(cc(C3=N[C@@H](C(C)(C)C)CO3)c1SC)Cc1cccc(c1OCCC)C2. The number of ether oxygens (including phenoxy) is 5. The Hall–Kier alpha value is -4.10. The lowest BCUT2D eigenvalue weighted by Crippen LogP contribution is -2.25. The molecule has 0 amide bonds. The van der Waals surface area contributed by atoms with Crippen molar-refractivity contribution < 1.29 is 23.7 Å². The van der Waals surface area contributed by atoms with E-state index < -0.39 is 0 Å². The molecule has 0 fully saturated rings. The largest absolute Gasteiger partial charge is 0.493 e. The van der Waals surface area contributed by atoms with E-state index in [0.29, 0.717) is 64.6 Å². The van der Waals surface area contributed by atoms with Crippen molar-refractivity contribution in [1.29, 1.82) is 0 Å². The zero-order valence-electron chi connectivity index (χ0n) is 34.4. The van der Waals surface area contributed by atoms with Crippen molar-refractivity contribution in [2.45, 2.75) is 111 Å². The third kappa shape index (κ3) is 9.31. The monoisotopic (exact) mass is 763 g/mol. The lowest BCUT2D eigenvalue weighted by atomic mass is 9.88. The summed E-state index contributed by atoms with van der Waals surface area (Å²) in [5.74, 6) is 4.52. The molecule has 0 aromatic heterocycles. The Morgan fingerprint density at radius 1 is 0.600 bits per heavy atom. The highest BCUT2D eigenvalue weighted by atomic mass is 32.2. The van der Waals surface area contributed by atoms with Gasteiger partial charge < -0.3 is 23.7 Å². The molecule has 55 heavy (non-hydrogen) atoms. The van der Waals surface area contributed by atoms with Gasteiger partial charge in [0.2, 0.25) is 5.90 Å². The summed E-state index contributed by atoms with van der Waals surface area (Å²) in [6.45, 7) is 18.5. The molecule has 2 aliphatic rings. The Balaban J connectivity index is 1.66. The number of benzene rings is 4. The zero-order valence-corrected chi connectivity index (χ0v) is 35.3. The van der Waals surface area contributed by atoms with Crippen LogP contribution in [0.3, 0.4) is 0 Å². The van der Waals surface area contributed by atoms with Crippen LogP contribution in [0.1, 0.15) is 124 Å². The fourth-order valence-corrected chi connectivity index (χ4v) is 8.30. The maximum absolute atomic E-state index is 6.88. The van der Waals surface area contributed by atoms with E-state index in [1.807, 2.05) is 0 Å². The first-order valence-electron chi connectivity index (χ1n) is 20.5. The maximum Gasteiger partial charge on any atom is 0.217 e. The molecule has 4 aromatic rings. The summed E-state index contributed by atoms with van der Waals surface area (Å²) in [5, 5.41) is 0. The van der Waals surface area contributed by atoms with Crippen LogP contribution in [0.25, 0.3) is 0 Å².